The van der Waals surface area contributed by atoms with E-state index >= 15 is 0 Å². The van der Waals surface area contributed by atoms with Crippen LogP contribution in [-0.4, -0.2) is 32.1 Å². The fourth-order valence-corrected chi connectivity index (χ4v) is 5.94. The van der Waals surface area contributed by atoms with E-state index in [1.807, 2.05) is 24.4 Å². The first-order chi connectivity index (χ1) is 17.0. The lowest BCUT2D eigenvalue weighted by Gasteiger charge is -2.37. The number of halogens is 1. The highest BCUT2D eigenvalue weighted by molar-refractivity contribution is 7.16. The number of hydrogen-bond donors (Lipinski definition) is 2. The molecule has 1 amide bonds. The normalized spacial score (nSPS) is 15.2. The number of piperazine rings is 1. The number of aryl methyl sites for hydroxylation is 1. The first-order valence-electron chi connectivity index (χ1n) is 11.8. The van der Waals surface area contributed by atoms with Gasteiger partial charge in [-0.25, -0.2) is 9.37 Å². The lowest BCUT2D eigenvalue weighted by atomic mass is 9.95. The molecular weight excluding hydrogens is 463 g/mol. The number of amides is 1. The van der Waals surface area contributed by atoms with Gasteiger partial charge in [-0.3, -0.25) is 4.79 Å². The number of nitrogens with one attached hydrogen (secondary N) is 3. The Morgan fingerprint density at radius 2 is 1.91 bits per heavy atom. The van der Waals surface area contributed by atoms with Crippen molar-refractivity contribution in [2.24, 2.45) is 0 Å². The molecule has 4 heterocycles. The van der Waals surface area contributed by atoms with E-state index in [0.717, 1.165) is 42.4 Å². The predicted molar refractivity (Wildman–Crippen MR) is 135 cm³/mol. The molecule has 1 aliphatic heterocycles. The number of pyridine rings is 1. The number of quaternary nitrogens is 1. The third-order valence-electron chi connectivity index (χ3n) is 6.76. The van der Waals surface area contributed by atoms with Crippen LogP contribution in [0.4, 0.5) is 15.1 Å². The van der Waals surface area contributed by atoms with Gasteiger partial charge in [-0.2, -0.15) is 0 Å². The molecule has 3 N–H and O–H groups in total. The van der Waals surface area contributed by atoms with Crippen molar-refractivity contribution in [3.63, 3.8) is 0 Å². The zero-order chi connectivity index (χ0) is 24.4. The second-order valence-corrected chi connectivity index (χ2v) is 10.1. The van der Waals surface area contributed by atoms with Crippen molar-refractivity contribution in [3.05, 3.63) is 100 Å². The molecule has 5 rings (SSSR count). The summed E-state index contributed by atoms with van der Waals surface area (Å²) in [5.41, 5.74) is 4.57. The maximum Gasteiger partial charge on any atom is 0.291 e. The standard InChI is InChI=1S/C27H27FN4O2S/c1-18-19(2)35-27(30-26(33)23-6-4-16-34-23)24(18)25(20-5-3-11-29-17-20)32-14-12-31(13-15-32)22-9-7-21(28)8-10-22/h3-11,16-17,25H,12-15H2,1-2H3,(H,30,33)/p+2. The number of carbonyl (C=O) groups is 1. The smallest absolute Gasteiger partial charge is 0.291 e. The molecule has 0 bridgehead atoms. The molecule has 1 saturated heterocycles. The molecule has 0 aliphatic carbocycles. The maximum atomic E-state index is 13.4. The Morgan fingerprint density at radius 1 is 1.14 bits per heavy atom. The number of thiophene rings is 1. The first kappa shape index (κ1) is 23.3. The number of rotatable bonds is 6. The van der Waals surface area contributed by atoms with Crippen molar-refractivity contribution in [2.75, 3.05) is 36.4 Å². The fourth-order valence-electron chi connectivity index (χ4n) is 4.84. The van der Waals surface area contributed by atoms with Gasteiger partial charge in [0.15, 0.2) is 18.2 Å². The number of aromatic amines is 1. The number of H-pyrrole nitrogens is 1. The minimum absolute atomic E-state index is 0.0552. The van der Waals surface area contributed by atoms with E-state index < -0.39 is 0 Å². The number of aromatic nitrogens is 1. The van der Waals surface area contributed by atoms with E-state index in [1.54, 1.807) is 23.5 Å². The van der Waals surface area contributed by atoms with E-state index in [2.05, 4.69) is 41.3 Å². The van der Waals surface area contributed by atoms with Crippen LogP contribution in [0.25, 0.3) is 0 Å². The SMILES string of the molecule is Cc1sc(NC(=O)c2ccco2)c(C(c2ccc[nH+]c2)[NH+]2CCN(c3ccc(F)cc3)CC2)c1C. The molecule has 1 atom stereocenters. The second-order valence-electron chi connectivity index (χ2n) is 8.85. The van der Waals surface area contributed by atoms with Gasteiger partial charge < -0.3 is 19.5 Å². The van der Waals surface area contributed by atoms with Crippen molar-refractivity contribution >= 4 is 27.9 Å². The van der Waals surface area contributed by atoms with Crippen LogP contribution in [0.1, 0.15) is 38.2 Å². The summed E-state index contributed by atoms with van der Waals surface area (Å²) in [6, 6.07) is 14.3. The topological polar surface area (TPSA) is 64.1 Å². The van der Waals surface area contributed by atoms with Crippen LogP contribution < -0.4 is 20.1 Å². The van der Waals surface area contributed by atoms with Crippen molar-refractivity contribution in [3.8, 4) is 0 Å². The first-order valence-corrected chi connectivity index (χ1v) is 12.6. The van der Waals surface area contributed by atoms with E-state index in [1.165, 1.54) is 39.3 Å². The van der Waals surface area contributed by atoms with Crippen LogP contribution in [0.3, 0.4) is 0 Å². The minimum atomic E-state index is -0.244. The van der Waals surface area contributed by atoms with Crippen LogP contribution in [0.2, 0.25) is 0 Å². The Hall–Kier alpha value is -3.49. The summed E-state index contributed by atoms with van der Waals surface area (Å²) in [7, 11) is 0. The van der Waals surface area contributed by atoms with E-state index in [4.69, 9.17) is 4.42 Å². The third-order valence-corrected chi connectivity index (χ3v) is 7.90. The van der Waals surface area contributed by atoms with Crippen LogP contribution in [-0.2, 0) is 0 Å². The summed E-state index contributed by atoms with van der Waals surface area (Å²) in [4.78, 5) is 21.0. The number of benzene rings is 1. The lowest BCUT2D eigenvalue weighted by molar-refractivity contribution is -0.926. The molecule has 1 unspecified atom stereocenters. The highest BCUT2D eigenvalue weighted by Gasteiger charge is 2.36. The molecule has 4 aromatic rings. The molecule has 1 aliphatic rings. The Kier molecular flexibility index (Phi) is 6.66. The monoisotopic (exact) mass is 492 g/mol. The van der Waals surface area contributed by atoms with Gasteiger partial charge in [0.2, 0.25) is 0 Å². The van der Waals surface area contributed by atoms with Gasteiger partial charge in [-0.05, 0) is 61.9 Å². The van der Waals surface area contributed by atoms with Gasteiger partial charge in [0.25, 0.3) is 5.91 Å². The molecule has 0 radical (unpaired) electrons. The molecule has 8 heteroatoms. The highest BCUT2D eigenvalue weighted by atomic mass is 32.1. The number of nitrogens with zero attached hydrogens (tertiary/aromatic N) is 1. The van der Waals surface area contributed by atoms with Gasteiger partial charge in [0.1, 0.15) is 16.9 Å². The van der Waals surface area contributed by atoms with Crippen molar-refractivity contribution < 1.29 is 23.5 Å². The maximum absolute atomic E-state index is 13.4. The predicted octanol–water partition coefficient (Wildman–Crippen LogP) is 3.66. The van der Waals surface area contributed by atoms with Gasteiger partial charge in [-0.15, -0.1) is 11.3 Å². The minimum Gasteiger partial charge on any atom is -0.459 e. The van der Waals surface area contributed by atoms with Crippen LogP contribution in [0.5, 0.6) is 0 Å². The molecule has 0 spiro atoms. The van der Waals surface area contributed by atoms with Gasteiger partial charge in [0.05, 0.1) is 43.6 Å². The Morgan fingerprint density at radius 3 is 2.57 bits per heavy atom. The molecule has 6 nitrogen and oxygen atoms in total. The number of hydrogen-bond acceptors (Lipinski definition) is 4. The Bertz CT molecular complexity index is 1280. The zero-order valence-electron chi connectivity index (χ0n) is 19.8. The zero-order valence-corrected chi connectivity index (χ0v) is 20.6. The second kappa shape index (κ2) is 10.0. The molecule has 35 heavy (non-hydrogen) atoms. The Labute approximate surface area is 208 Å². The van der Waals surface area contributed by atoms with E-state index in [-0.39, 0.29) is 17.8 Å². The average Bonchev–Trinajstić information content (AvgIpc) is 3.51. The van der Waals surface area contributed by atoms with Gasteiger partial charge in [-0.1, -0.05) is 0 Å². The molecule has 1 fully saturated rings. The molecular formula is C27H29FN4O2S+2. The van der Waals surface area contributed by atoms with Crippen molar-refractivity contribution in [2.45, 2.75) is 19.9 Å². The fraction of sp³-hybridized carbons (Fsp3) is 0.259. The molecule has 3 aromatic heterocycles. The van der Waals surface area contributed by atoms with Crippen LogP contribution in [0, 0.1) is 19.7 Å². The van der Waals surface area contributed by atoms with Crippen LogP contribution >= 0.6 is 11.3 Å². The quantitative estimate of drug-likeness (QED) is 0.432. The van der Waals surface area contributed by atoms with Crippen molar-refractivity contribution in [1.82, 2.24) is 0 Å². The van der Waals surface area contributed by atoms with Gasteiger partial charge >= 0.3 is 0 Å². The third kappa shape index (κ3) is 4.85. The van der Waals surface area contributed by atoms with Gasteiger partial charge in [0, 0.05) is 16.6 Å². The molecule has 1 aromatic carbocycles. The summed E-state index contributed by atoms with van der Waals surface area (Å²) in [5.74, 6) is -0.164. The Balaban J connectivity index is 1.46. The molecule has 0 saturated carbocycles. The summed E-state index contributed by atoms with van der Waals surface area (Å²) in [6.45, 7) is 7.79. The summed E-state index contributed by atoms with van der Waals surface area (Å²) in [6.07, 6.45) is 5.47. The average molecular weight is 493 g/mol. The van der Waals surface area contributed by atoms with E-state index in [9.17, 15) is 9.18 Å². The van der Waals surface area contributed by atoms with E-state index in [0.29, 0.717) is 5.76 Å². The summed E-state index contributed by atoms with van der Waals surface area (Å²) < 4.78 is 18.7. The van der Waals surface area contributed by atoms with Crippen LogP contribution in [0.15, 0.2) is 71.6 Å². The summed E-state index contributed by atoms with van der Waals surface area (Å²) in [5, 5.41) is 3.98. The molecule has 180 valence electrons. The van der Waals surface area contributed by atoms with Crippen molar-refractivity contribution in [1.29, 1.82) is 0 Å². The number of anilines is 2. The highest BCUT2D eigenvalue weighted by Crippen LogP contribution is 2.38. The lowest BCUT2D eigenvalue weighted by Crippen LogP contribution is -3.15. The summed E-state index contributed by atoms with van der Waals surface area (Å²) >= 11 is 1.61. The number of carbonyl (C=O) groups excluding carboxylic acids is 1. The number of furan rings is 1. The largest absolute Gasteiger partial charge is 0.459 e.